The zero-order chi connectivity index (χ0) is 23.3. The van der Waals surface area contributed by atoms with Gasteiger partial charge < -0.3 is 15.8 Å². The minimum atomic E-state index is -1.09. The number of carbonyl (C=O) groups excluding carboxylic acids is 1. The fraction of sp³-hybridized carbons (Fsp3) is 0.208. The number of imidazole rings is 1. The smallest absolute Gasteiger partial charge is 0.248 e. The number of rotatable bonds is 6. The molecule has 0 unspecified atom stereocenters. The number of hydrogen-bond acceptors (Lipinski definition) is 5. The van der Waals surface area contributed by atoms with Crippen molar-refractivity contribution < 1.29 is 18.3 Å². The van der Waals surface area contributed by atoms with Gasteiger partial charge in [0.1, 0.15) is 0 Å². The van der Waals surface area contributed by atoms with Gasteiger partial charge in [-0.05, 0) is 55.0 Å². The van der Waals surface area contributed by atoms with E-state index in [-0.39, 0.29) is 11.6 Å². The van der Waals surface area contributed by atoms with E-state index in [2.05, 4.69) is 15.4 Å². The second kappa shape index (κ2) is 7.84. The highest BCUT2D eigenvalue weighted by molar-refractivity contribution is 5.95. The molecule has 0 atom stereocenters. The van der Waals surface area contributed by atoms with E-state index in [4.69, 9.17) is 10.5 Å². The van der Waals surface area contributed by atoms with E-state index >= 15 is 0 Å². The Morgan fingerprint density at radius 3 is 2.73 bits per heavy atom. The maximum absolute atomic E-state index is 14.2. The molecule has 1 amide bonds. The normalized spacial score (nSPS) is 13.3. The molecule has 4 aromatic rings. The molecule has 33 heavy (non-hydrogen) atoms. The molecule has 0 saturated heterocycles. The second-order valence-electron chi connectivity index (χ2n) is 8.02. The van der Waals surface area contributed by atoms with Crippen LogP contribution in [0.3, 0.4) is 0 Å². The molecule has 1 aliphatic carbocycles. The SMILES string of the molecule is CNc1cc(Oc2cccc(F)c2F)nn2c(-c3ccc(C(N)=O)c(C)c3C3CC3)cnc12. The number of nitrogens with two attached hydrogens (primary N) is 1. The molecular weight excluding hydrogens is 428 g/mol. The van der Waals surface area contributed by atoms with Gasteiger partial charge in [0.25, 0.3) is 0 Å². The summed E-state index contributed by atoms with van der Waals surface area (Å²) in [6.45, 7) is 1.90. The van der Waals surface area contributed by atoms with Gasteiger partial charge in [0.15, 0.2) is 17.2 Å². The first-order chi connectivity index (χ1) is 15.9. The first kappa shape index (κ1) is 20.9. The van der Waals surface area contributed by atoms with Crippen LogP contribution in [-0.2, 0) is 0 Å². The van der Waals surface area contributed by atoms with Crippen molar-refractivity contribution in [2.75, 3.05) is 12.4 Å². The molecule has 2 heterocycles. The Kier molecular flexibility index (Phi) is 4.96. The van der Waals surface area contributed by atoms with Gasteiger partial charge in [-0.15, -0.1) is 5.10 Å². The van der Waals surface area contributed by atoms with E-state index in [0.717, 1.165) is 35.6 Å². The molecule has 168 valence electrons. The van der Waals surface area contributed by atoms with Crippen LogP contribution in [0.25, 0.3) is 16.9 Å². The van der Waals surface area contributed by atoms with E-state index in [1.807, 2.05) is 13.0 Å². The number of ether oxygens (including phenoxy) is 1. The van der Waals surface area contributed by atoms with E-state index in [0.29, 0.717) is 28.5 Å². The minimum Gasteiger partial charge on any atom is -0.434 e. The van der Waals surface area contributed by atoms with Crippen LogP contribution in [-0.4, -0.2) is 27.6 Å². The third-order valence-electron chi connectivity index (χ3n) is 5.89. The summed E-state index contributed by atoms with van der Waals surface area (Å²) in [5.74, 6) is -2.45. The van der Waals surface area contributed by atoms with Crippen LogP contribution in [0.15, 0.2) is 42.6 Å². The molecule has 2 aromatic heterocycles. The van der Waals surface area contributed by atoms with Gasteiger partial charge in [0.2, 0.25) is 17.6 Å². The van der Waals surface area contributed by atoms with Crippen LogP contribution >= 0.6 is 0 Å². The van der Waals surface area contributed by atoms with Gasteiger partial charge in [0.05, 0.1) is 17.6 Å². The minimum absolute atomic E-state index is 0.0639. The topological polar surface area (TPSA) is 94.5 Å². The van der Waals surface area contributed by atoms with Gasteiger partial charge in [0, 0.05) is 24.2 Å². The lowest BCUT2D eigenvalue weighted by atomic mass is 9.92. The van der Waals surface area contributed by atoms with Crippen LogP contribution in [0.1, 0.15) is 40.2 Å². The predicted molar refractivity (Wildman–Crippen MR) is 120 cm³/mol. The molecule has 0 radical (unpaired) electrons. The Labute approximate surface area is 188 Å². The maximum Gasteiger partial charge on any atom is 0.248 e. The van der Waals surface area contributed by atoms with Crippen molar-refractivity contribution in [3.05, 3.63) is 70.9 Å². The van der Waals surface area contributed by atoms with E-state index < -0.39 is 17.5 Å². The fourth-order valence-corrected chi connectivity index (χ4v) is 4.16. The third-order valence-corrected chi connectivity index (χ3v) is 5.89. The predicted octanol–water partition coefficient (Wildman–Crippen LogP) is 4.79. The van der Waals surface area contributed by atoms with E-state index in [1.54, 1.807) is 29.9 Å². The number of aromatic nitrogens is 3. The Bertz CT molecular complexity index is 1410. The molecule has 0 bridgehead atoms. The van der Waals surface area contributed by atoms with Crippen molar-refractivity contribution in [1.29, 1.82) is 0 Å². The summed E-state index contributed by atoms with van der Waals surface area (Å²) >= 11 is 0. The Morgan fingerprint density at radius 2 is 2.03 bits per heavy atom. The molecule has 5 rings (SSSR count). The highest BCUT2D eigenvalue weighted by Gasteiger charge is 2.31. The monoisotopic (exact) mass is 449 g/mol. The molecule has 1 fully saturated rings. The second-order valence-corrected chi connectivity index (χ2v) is 8.02. The summed E-state index contributed by atoms with van der Waals surface area (Å²) in [6, 6.07) is 8.83. The molecular formula is C24H21F2N5O2. The average molecular weight is 449 g/mol. The number of nitrogens with one attached hydrogen (secondary N) is 1. The number of fused-ring (bicyclic) bond motifs is 1. The highest BCUT2D eigenvalue weighted by atomic mass is 19.2. The van der Waals surface area contributed by atoms with Crippen molar-refractivity contribution in [3.8, 4) is 22.9 Å². The summed E-state index contributed by atoms with van der Waals surface area (Å²) < 4.78 is 35.0. The van der Waals surface area contributed by atoms with Crippen molar-refractivity contribution in [1.82, 2.24) is 14.6 Å². The quantitative estimate of drug-likeness (QED) is 0.441. The number of hydrogen-bond donors (Lipinski definition) is 2. The summed E-state index contributed by atoms with van der Waals surface area (Å²) in [6.07, 6.45) is 3.74. The third kappa shape index (κ3) is 3.55. The summed E-state index contributed by atoms with van der Waals surface area (Å²) in [7, 11) is 1.72. The Morgan fingerprint density at radius 1 is 1.24 bits per heavy atom. The molecule has 7 nitrogen and oxygen atoms in total. The van der Waals surface area contributed by atoms with Gasteiger partial charge in [-0.25, -0.2) is 13.9 Å². The lowest BCUT2D eigenvalue weighted by molar-refractivity contribution is 0.0999. The average Bonchev–Trinajstić information content (AvgIpc) is 3.54. The Hall–Kier alpha value is -4.01. The van der Waals surface area contributed by atoms with Crippen molar-refractivity contribution in [2.24, 2.45) is 5.73 Å². The van der Waals surface area contributed by atoms with Gasteiger partial charge in [-0.1, -0.05) is 12.1 Å². The molecule has 3 N–H and O–H groups in total. The maximum atomic E-state index is 14.2. The van der Waals surface area contributed by atoms with Gasteiger partial charge >= 0.3 is 0 Å². The van der Waals surface area contributed by atoms with Crippen LogP contribution in [0.4, 0.5) is 14.5 Å². The molecule has 0 aliphatic heterocycles. The molecule has 1 aliphatic rings. The zero-order valence-electron chi connectivity index (χ0n) is 18.0. The largest absolute Gasteiger partial charge is 0.434 e. The lowest BCUT2D eigenvalue weighted by Crippen LogP contribution is -2.14. The summed E-state index contributed by atoms with van der Waals surface area (Å²) in [4.78, 5) is 16.4. The van der Waals surface area contributed by atoms with Crippen LogP contribution < -0.4 is 15.8 Å². The number of benzene rings is 2. The zero-order valence-corrected chi connectivity index (χ0v) is 18.0. The Balaban J connectivity index is 1.68. The number of nitrogens with zero attached hydrogens (tertiary/aromatic N) is 3. The van der Waals surface area contributed by atoms with Gasteiger partial charge in [-0.3, -0.25) is 4.79 Å². The van der Waals surface area contributed by atoms with Crippen molar-refractivity contribution in [3.63, 3.8) is 0 Å². The number of carbonyl (C=O) groups is 1. The van der Waals surface area contributed by atoms with Crippen LogP contribution in [0.5, 0.6) is 11.6 Å². The first-order valence-corrected chi connectivity index (χ1v) is 10.5. The summed E-state index contributed by atoms with van der Waals surface area (Å²) in [5, 5.41) is 7.55. The lowest BCUT2D eigenvalue weighted by Gasteiger charge is -2.15. The van der Waals surface area contributed by atoms with Crippen molar-refractivity contribution in [2.45, 2.75) is 25.7 Å². The van der Waals surface area contributed by atoms with Crippen LogP contribution in [0.2, 0.25) is 0 Å². The van der Waals surface area contributed by atoms with E-state index in [1.165, 1.54) is 12.1 Å². The van der Waals surface area contributed by atoms with Gasteiger partial charge in [-0.2, -0.15) is 4.39 Å². The molecule has 1 saturated carbocycles. The molecule has 2 aromatic carbocycles. The first-order valence-electron chi connectivity index (χ1n) is 10.5. The number of primary amides is 1. The molecule has 9 heteroatoms. The number of amides is 1. The highest BCUT2D eigenvalue weighted by Crippen LogP contribution is 2.47. The van der Waals surface area contributed by atoms with E-state index in [9.17, 15) is 13.6 Å². The summed E-state index contributed by atoms with van der Waals surface area (Å²) in [5.41, 5.74) is 10.7. The van der Waals surface area contributed by atoms with Crippen molar-refractivity contribution >= 4 is 17.2 Å². The number of anilines is 1. The molecule has 0 spiro atoms. The standard InChI is InChI=1S/C24H21F2N5O2/c1-12-14(23(27)32)8-9-15(21(12)13-6-7-13)18-11-29-24-17(28-2)10-20(30-31(18)24)33-19-5-3-4-16(25)22(19)26/h3-5,8-11,13,28H,6-7H2,1-2H3,(H2,27,32). The van der Waals surface area contributed by atoms with Crippen LogP contribution in [0, 0.1) is 18.6 Å². The fourth-order valence-electron chi connectivity index (χ4n) is 4.16. The number of halogens is 2.